The van der Waals surface area contributed by atoms with Gasteiger partial charge in [-0.2, -0.15) is 0 Å². The zero-order valence-electron chi connectivity index (χ0n) is 15.6. The molecular weight excluding hydrogens is 362 g/mol. The van der Waals surface area contributed by atoms with Crippen molar-refractivity contribution in [3.05, 3.63) is 65.2 Å². The fourth-order valence-electron chi connectivity index (χ4n) is 3.51. The molecule has 0 aromatic heterocycles. The van der Waals surface area contributed by atoms with Crippen LogP contribution in [0.2, 0.25) is 0 Å². The number of aryl methyl sites for hydroxylation is 1. The van der Waals surface area contributed by atoms with Crippen LogP contribution in [-0.2, 0) is 0 Å². The minimum Gasteiger partial charge on any atom is -0.336 e. The Morgan fingerprint density at radius 3 is 2.59 bits per heavy atom. The van der Waals surface area contributed by atoms with E-state index in [-0.39, 0.29) is 30.3 Å². The van der Waals surface area contributed by atoms with Crippen LogP contribution in [0.4, 0.5) is 5.69 Å². The van der Waals surface area contributed by atoms with Gasteiger partial charge in [0.15, 0.2) is 0 Å². The second-order valence-electron chi connectivity index (χ2n) is 7.01. The summed E-state index contributed by atoms with van der Waals surface area (Å²) in [5, 5.41) is 2.89. The Balaban J connectivity index is 0.00000261. The van der Waals surface area contributed by atoms with Crippen LogP contribution in [0.3, 0.4) is 0 Å². The molecule has 2 amide bonds. The first kappa shape index (κ1) is 20.9. The number of anilines is 1. The van der Waals surface area contributed by atoms with Crippen LogP contribution in [0.25, 0.3) is 0 Å². The molecule has 1 aliphatic rings. The summed E-state index contributed by atoms with van der Waals surface area (Å²) in [7, 11) is 0. The largest absolute Gasteiger partial charge is 0.336 e. The molecule has 0 radical (unpaired) electrons. The van der Waals surface area contributed by atoms with Crippen molar-refractivity contribution in [3.63, 3.8) is 0 Å². The first-order valence-electron chi connectivity index (χ1n) is 8.97. The summed E-state index contributed by atoms with van der Waals surface area (Å²) in [6, 6.07) is 14.7. The van der Waals surface area contributed by atoms with E-state index in [1.165, 1.54) is 0 Å². The van der Waals surface area contributed by atoms with Crippen molar-refractivity contribution in [2.24, 2.45) is 11.7 Å². The lowest BCUT2D eigenvalue weighted by Crippen LogP contribution is -2.35. The maximum absolute atomic E-state index is 13.0. The van der Waals surface area contributed by atoms with Crippen molar-refractivity contribution >= 4 is 29.9 Å². The van der Waals surface area contributed by atoms with Gasteiger partial charge in [0.25, 0.3) is 11.8 Å². The van der Waals surface area contributed by atoms with Crippen molar-refractivity contribution in [1.29, 1.82) is 0 Å². The van der Waals surface area contributed by atoms with E-state index in [1.807, 2.05) is 49.1 Å². The summed E-state index contributed by atoms with van der Waals surface area (Å²) in [4.78, 5) is 27.5. The van der Waals surface area contributed by atoms with Crippen LogP contribution in [0, 0.1) is 12.8 Å². The third-order valence-electron chi connectivity index (χ3n) is 4.94. The molecule has 0 spiro atoms. The molecule has 0 bridgehead atoms. The molecule has 0 aliphatic carbocycles. The Hall–Kier alpha value is -2.37. The number of nitrogens with two attached hydrogens (primary N) is 1. The number of carbonyl (C=O) groups is 2. The third-order valence-corrected chi connectivity index (χ3v) is 4.94. The quantitative estimate of drug-likeness (QED) is 0.843. The second-order valence-corrected chi connectivity index (χ2v) is 7.01. The number of hydrogen-bond donors (Lipinski definition) is 2. The molecular formula is C21H26ClN3O2. The summed E-state index contributed by atoms with van der Waals surface area (Å²) in [6.07, 6.45) is 0.917. The zero-order chi connectivity index (χ0) is 18.7. The van der Waals surface area contributed by atoms with E-state index in [0.717, 1.165) is 12.0 Å². The van der Waals surface area contributed by atoms with Crippen molar-refractivity contribution in [1.82, 2.24) is 4.90 Å². The maximum atomic E-state index is 13.0. The number of rotatable bonds is 4. The zero-order valence-corrected chi connectivity index (χ0v) is 16.5. The third kappa shape index (κ3) is 4.67. The molecule has 6 heteroatoms. The van der Waals surface area contributed by atoms with Crippen molar-refractivity contribution < 1.29 is 9.59 Å². The summed E-state index contributed by atoms with van der Waals surface area (Å²) in [5.74, 6) is 0.0554. The van der Waals surface area contributed by atoms with Gasteiger partial charge in [-0.25, -0.2) is 0 Å². The number of benzene rings is 2. The standard InChI is InChI=1S/C21H25N3O2.ClH/c1-14-6-5-7-17(10-14)20(25)23-19-9-4-3-8-18(19)21(26)24-13-16(12-22)11-15(24)2;/h3-10,15-16H,11-13,22H2,1-2H3,(H,23,25);1H. The topological polar surface area (TPSA) is 75.4 Å². The van der Waals surface area contributed by atoms with Crippen LogP contribution in [0.15, 0.2) is 48.5 Å². The van der Waals surface area contributed by atoms with Gasteiger partial charge in [-0.15, -0.1) is 12.4 Å². The Morgan fingerprint density at radius 1 is 1.19 bits per heavy atom. The lowest BCUT2D eigenvalue weighted by Gasteiger charge is -2.23. The highest BCUT2D eigenvalue weighted by atomic mass is 35.5. The average molecular weight is 388 g/mol. The van der Waals surface area contributed by atoms with Crippen LogP contribution in [0.1, 0.15) is 39.6 Å². The number of carbonyl (C=O) groups excluding carboxylic acids is 2. The summed E-state index contributed by atoms with van der Waals surface area (Å²) >= 11 is 0. The summed E-state index contributed by atoms with van der Waals surface area (Å²) in [6.45, 7) is 5.23. The first-order chi connectivity index (χ1) is 12.5. The van der Waals surface area contributed by atoms with E-state index in [2.05, 4.69) is 5.32 Å². The monoisotopic (exact) mass is 387 g/mol. The van der Waals surface area contributed by atoms with Crippen molar-refractivity contribution in [2.75, 3.05) is 18.4 Å². The molecule has 3 rings (SSSR count). The van der Waals surface area contributed by atoms with Crippen LogP contribution in [-0.4, -0.2) is 35.8 Å². The van der Waals surface area contributed by atoms with E-state index >= 15 is 0 Å². The molecule has 2 aromatic carbocycles. The van der Waals surface area contributed by atoms with Gasteiger partial charge in [-0.3, -0.25) is 9.59 Å². The number of halogens is 1. The van der Waals surface area contributed by atoms with Gasteiger partial charge in [0.1, 0.15) is 0 Å². The highest BCUT2D eigenvalue weighted by Crippen LogP contribution is 2.27. The molecule has 0 saturated carbocycles. The van der Waals surface area contributed by atoms with Crippen LogP contribution < -0.4 is 11.1 Å². The minimum absolute atomic E-state index is 0. The smallest absolute Gasteiger partial charge is 0.256 e. The average Bonchev–Trinajstić information content (AvgIpc) is 3.02. The lowest BCUT2D eigenvalue weighted by molar-refractivity contribution is 0.0744. The molecule has 1 aliphatic heterocycles. The number of nitrogens with zero attached hydrogens (tertiary/aromatic N) is 1. The highest BCUT2D eigenvalue weighted by Gasteiger charge is 2.33. The highest BCUT2D eigenvalue weighted by molar-refractivity contribution is 6.09. The molecule has 2 unspecified atom stereocenters. The van der Waals surface area contributed by atoms with Gasteiger partial charge in [-0.1, -0.05) is 29.8 Å². The van der Waals surface area contributed by atoms with Crippen molar-refractivity contribution in [3.8, 4) is 0 Å². The fraction of sp³-hybridized carbons (Fsp3) is 0.333. The van der Waals surface area contributed by atoms with E-state index in [9.17, 15) is 9.59 Å². The molecule has 1 saturated heterocycles. The molecule has 144 valence electrons. The molecule has 2 aromatic rings. The molecule has 3 N–H and O–H groups in total. The van der Waals surface area contributed by atoms with Gasteiger partial charge in [0.2, 0.25) is 0 Å². The Labute approximate surface area is 166 Å². The summed E-state index contributed by atoms with van der Waals surface area (Å²) < 4.78 is 0. The Bertz CT molecular complexity index is 825. The predicted octanol–water partition coefficient (Wildman–Crippen LogP) is 3.48. The van der Waals surface area contributed by atoms with Gasteiger partial charge in [-0.05, 0) is 57.0 Å². The number of hydrogen-bond acceptors (Lipinski definition) is 3. The molecule has 2 atom stereocenters. The predicted molar refractivity (Wildman–Crippen MR) is 110 cm³/mol. The van der Waals surface area contributed by atoms with Gasteiger partial charge < -0.3 is 16.0 Å². The van der Waals surface area contributed by atoms with Crippen LogP contribution >= 0.6 is 12.4 Å². The Kier molecular flexibility index (Phi) is 6.99. The molecule has 1 heterocycles. The van der Waals surface area contributed by atoms with E-state index in [1.54, 1.807) is 18.2 Å². The van der Waals surface area contributed by atoms with Gasteiger partial charge >= 0.3 is 0 Å². The number of nitrogens with one attached hydrogen (secondary N) is 1. The maximum Gasteiger partial charge on any atom is 0.256 e. The van der Waals surface area contributed by atoms with Gasteiger partial charge in [0.05, 0.1) is 11.3 Å². The number of para-hydroxylation sites is 1. The summed E-state index contributed by atoms with van der Waals surface area (Å²) in [5.41, 5.74) is 8.41. The van der Waals surface area contributed by atoms with Gasteiger partial charge in [0, 0.05) is 18.2 Å². The lowest BCUT2D eigenvalue weighted by atomic mass is 10.1. The second kappa shape index (κ2) is 9.02. The van der Waals surface area contributed by atoms with E-state index in [4.69, 9.17) is 5.73 Å². The molecule has 5 nitrogen and oxygen atoms in total. The van der Waals surface area contributed by atoms with E-state index in [0.29, 0.717) is 35.8 Å². The Morgan fingerprint density at radius 2 is 1.93 bits per heavy atom. The minimum atomic E-state index is -0.219. The first-order valence-corrected chi connectivity index (χ1v) is 8.97. The van der Waals surface area contributed by atoms with Crippen molar-refractivity contribution in [2.45, 2.75) is 26.3 Å². The van der Waals surface area contributed by atoms with E-state index < -0.39 is 0 Å². The number of amides is 2. The number of likely N-dealkylation sites (tertiary alicyclic amines) is 1. The normalized spacial score (nSPS) is 18.7. The van der Waals surface area contributed by atoms with Crippen LogP contribution in [0.5, 0.6) is 0 Å². The SMILES string of the molecule is Cc1cccc(C(=O)Nc2ccccc2C(=O)N2CC(CN)CC2C)c1.Cl. The molecule has 1 fully saturated rings. The molecule has 27 heavy (non-hydrogen) atoms. The fourth-order valence-corrected chi connectivity index (χ4v) is 3.51.